The van der Waals surface area contributed by atoms with Crippen molar-refractivity contribution in [3.05, 3.63) is 12.4 Å². The molecule has 0 aromatic heterocycles. The summed E-state index contributed by atoms with van der Waals surface area (Å²) in [6.07, 6.45) is 4.40. The van der Waals surface area contributed by atoms with Crippen LogP contribution in [0.15, 0.2) is 12.4 Å². The molecular weight excluding hydrogens is 171 g/mol. The number of halogens is 1. The van der Waals surface area contributed by atoms with E-state index < -0.39 is 11.8 Å². The molecule has 0 aliphatic heterocycles. The molecule has 13 heavy (non-hydrogen) atoms. The summed E-state index contributed by atoms with van der Waals surface area (Å²) in [5.74, 6) is -0.677. The van der Waals surface area contributed by atoms with E-state index in [2.05, 4.69) is 6.58 Å². The Hall–Kier alpha value is -0.860. The van der Waals surface area contributed by atoms with Crippen LogP contribution in [0, 0.1) is 11.8 Å². The predicted molar refractivity (Wildman–Crippen MR) is 45.6 cm³/mol. The highest BCUT2D eigenvalue weighted by molar-refractivity contribution is 5.85. The molecule has 2 saturated carbocycles. The maximum atomic E-state index is 12.3. The number of esters is 1. The molecule has 2 rings (SSSR count). The van der Waals surface area contributed by atoms with Gasteiger partial charge in [0.1, 0.15) is 6.10 Å². The molecule has 0 radical (unpaired) electrons. The summed E-state index contributed by atoms with van der Waals surface area (Å²) < 4.78 is 17.3. The number of fused-ring (bicyclic) bond motifs is 2. The Labute approximate surface area is 76.8 Å². The van der Waals surface area contributed by atoms with Gasteiger partial charge in [0.15, 0.2) is 0 Å². The Bertz CT molecular complexity index is 249. The minimum Gasteiger partial charge on any atom is -0.457 e. The van der Waals surface area contributed by atoms with Gasteiger partial charge in [-0.05, 0) is 37.5 Å². The molecule has 0 aromatic rings. The molecule has 2 nitrogen and oxygen atoms in total. The summed E-state index contributed by atoms with van der Waals surface area (Å²) in [5, 5.41) is 0. The van der Waals surface area contributed by atoms with Gasteiger partial charge in [-0.3, -0.25) is 0 Å². The van der Waals surface area contributed by atoms with Crippen LogP contribution >= 0.6 is 0 Å². The average molecular weight is 184 g/mol. The van der Waals surface area contributed by atoms with Gasteiger partial charge < -0.3 is 4.74 Å². The van der Waals surface area contributed by atoms with Crippen LogP contribution in [0.25, 0.3) is 0 Å². The molecule has 3 heteroatoms. The van der Waals surface area contributed by atoms with Crippen LogP contribution in [0.1, 0.15) is 25.7 Å². The van der Waals surface area contributed by atoms with Gasteiger partial charge in [0.25, 0.3) is 0 Å². The van der Waals surface area contributed by atoms with E-state index in [1.165, 1.54) is 6.42 Å². The summed E-state index contributed by atoms with van der Waals surface area (Å²) in [4.78, 5) is 10.9. The van der Waals surface area contributed by atoms with E-state index in [1.807, 2.05) is 0 Å². The lowest BCUT2D eigenvalue weighted by molar-refractivity contribution is -0.148. The summed E-state index contributed by atoms with van der Waals surface area (Å²) in [6, 6.07) is 0. The average Bonchev–Trinajstić information content (AvgIpc) is 2.64. The van der Waals surface area contributed by atoms with Crippen molar-refractivity contribution in [1.82, 2.24) is 0 Å². The first-order valence-corrected chi connectivity index (χ1v) is 4.72. The van der Waals surface area contributed by atoms with E-state index in [0.29, 0.717) is 11.8 Å². The quantitative estimate of drug-likeness (QED) is 0.485. The lowest BCUT2D eigenvalue weighted by atomic mass is 9.98. The highest BCUT2D eigenvalue weighted by Crippen LogP contribution is 2.45. The van der Waals surface area contributed by atoms with E-state index in [0.717, 1.165) is 19.3 Å². The second kappa shape index (κ2) is 3.13. The zero-order chi connectivity index (χ0) is 9.42. The normalized spacial score (nSPS) is 36.2. The molecule has 0 saturated heterocycles. The Kier molecular flexibility index (Phi) is 2.10. The smallest absolute Gasteiger partial charge is 0.366 e. The minimum atomic E-state index is -0.984. The molecule has 2 fully saturated rings. The molecule has 2 aliphatic carbocycles. The van der Waals surface area contributed by atoms with Gasteiger partial charge in [-0.25, -0.2) is 4.79 Å². The van der Waals surface area contributed by atoms with Crippen LogP contribution in [0.5, 0.6) is 0 Å². The van der Waals surface area contributed by atoms with E-state index in [4.69, 9.17) is 4.74 Å². The van der Waals surface area contributed by atoms with Crippen LogP contribution in [0.3, 0.4) is 0 Å². The van der Waals surface area contributed by atoms with E-state index in [9.17, 15) is 9.18 Å². The third-order valence-electron chi connectivity index (χ3n) is 3.15. The van der Waals surface area contributed by atoms with Crippen LogP contribution in [-0.4, -0.2) is 12.1 Å². The van der Waals surface area contributed by atoms with Crippen LogP contribution in [0.4, 0.5) is 4.39 Å². The summed E-state index contributed by atoms with van der Waals surface area (Å²) >= 11 is 0. The Morgan fingerprint density at radius 3 is 2.62 bits per heavy atom. The fourth-order valence-corrected chi connectivity index (χ4v) is 2.53. The molecule has 3 atom stereocenters. The first kappa shape index (κ1) is 8.73. The fourth-order valence-electron chi connectivity index (χ4n) is 2.53. The van der Waals surface area contributed by atoms with Crippen molar-refractivity contribution in [2.75, 3.05) is 0 Å². The Morgan fingerprint density at radius 2 is 2.15 bits per heavy atom. The maximum Gasteiger partial charge on any atom is 0.366 e. The third kappa shape index (κ3) is 1.60. The molecule has 2 bridgehead atoms. The van der Waals surface area contributed by atoms with Crippen molar-refractivity contribution in [3.63, 3.8) is 0 Å². The van der Waals surface area contributed by atoms with Crippen LogP contribution in [0.2, 0.25) is 0 Å². The zero-order valence-electron chi connectivity index (χ0n) is 7.46. The van der Waals surface area contributed by atoms with E-state index in [1.54, 1.807) is 0 Å². The summed E-state index contributed by atoms with van der Waals surface area (Å²) in [5.41, 5.74) is 0. The molecule has 0 amide bonds. The Morgan fingerprint density at radius 1 is 1.38 bits per heavy atom. The van der Waals surface area contributed by atoms with Crippen molar-refractivity contribution >= 4 is 5.97 Å². The SMILES string of the molecule is C=C(F)C(=O)OC1CC2CCC1C2. The van der Waals surface area contributed by atoms with Crippen molar-refractivity contribution in [3.8, 4) is 0 Å². The topological polar surface area (TPSA) is 26.3 Å². The number of hydrogen-bond acceptors (Lipinski definition) is 2. The minimum absolute atomic E-state index is 0.0428. The van der Waals surface area contributed by atoms with Crippen molar-refractivity contribution in [1.29, 1.82) is 0 Å². The third-order valence-corrected chi connectivity index (χ3v) is 3.15. The number of hydrogen-bond donors (Lipinski definition) is 0. The van der Waals surface area contributed by atoms with Gasteiger partial charge in [0, 0.05) is 0 Å². The standard InChI is InChI=1S/C10H13FO2/c1-6(11)10(12)13-9-5-7-2-3-8(9)4-7/h7-9H,1-5H2. The predicted octanol–water partition coefficient (Wildman–Crippen LogP) is 2.20. The number of ether oxygens (including phenoxy) is 1. The lowest BCUT2D eigenvalue weighted by Gasteiger charge is -2.21. The number of carbonyl (C=O) groups is 1. The van der Waals surface area contributed by atoms with Crippen molar-refractivity contribution < 1.29 is 13.9 Å². The van der Waals surface area contributed by atoms with Gasteiger partial charge in [0.05, 0.1) is 0 Å². The second-order valence-corrected chi connectivity index (χ2v) is 4.02. The molecule has 0 spiro atoms. The first-order valence-electron chi connectivity index (χ1n) is 4.72. The van der Waals surface area contributed by atoms with Gasteiger partial charge in [-0.2, -0.15) is 4.39 Å². The van der Waals surface area contributed by atoms with Crippen molar-refractivity contribution in [2.45, 2.75) is 31.8 Å². The molecule has 0 aromatic carbocycles. The van der Waals surface area contributed by atoms with Gasteiger partial charge in [-0.15, -0.1) is 0 Å². The zero-order valence-corrected chi connectivity index (χ0v) is 7.46. The van der Waals surface area contributed by atoms with Crippen molar-refractivity contribution in [2.24, 2.45) is 11.8 Å². The number of carbonyl (C=O) groups excluding carboxylic acids is 1. The fraction of sp³-hybridized carbons (Fsp3) is 0.700. The van der Waals surface area contributed by atoms with Gasteiger partial charge in [0.2, 0.25) is 5.83 Å². The second-order valence-electron chi connectivity index (χ2n) is 4.02. The molecule has 2 aliphatic rings. The van der Waals surface area contributed by atoms with E-state index >= 15 is 0 Å². The lowest BCUT2D eigenvalue weighted by Crippen LogP contribution is -2.23. The van der Waals surface area contributed by atoms with Gasteiger partial charge in [-0.1, -0.05) is 6.58 Å². The van der Waals surface area contributed by atoms with E-state index in [-0.39, 0.29) is 6.10 Å². The molecule has 3 unspecified atom stereocenters. The Balaban J connectivity index is 1.90. The highest BCUT2D eigenvalue weighted by Gasteiger charge is 2.41. The van der Waals surface area contributed by atoms with Crippen LogP contribution < -0.4 is 0 Å². The summed E-state index contributed by atoms with van der Waals surface area (Å²) in [6.45, 7) is 2.92. The maximum absolute atomic E-state index is 12.3. The largest absolute Gasteiger partial charge is 0.457 e. The highest BCUT2D eigenvalue weighted by atomic mass is 19.1. The monoisotopic (exact) mass is 184 g/mol. The molecule has 0 N–H and O–H groups in total. The first-order chi connectivity index (χ1) is 6.16. The summed E-state index contributed by atoms with van der Waals surface area (Å²) in [7, 11) is 0. The van der Waals surface area contributed by atoms with Crippen LogP contribution in [-0.2, 0) is 9.53 Å². The molecule has 0 heterocycles. The number of rotatable bonds is 2. The molecular formula is C10H13FO2. The molecule has 72 valence electrons. The van der Waals surface area contributed by atoms with Gasteiger partial charge >= 0.3 is 5.97 Å².